The van der Waals surface area contributed by atoms with Crippen LogP contribution in [0.25, 0.3) is 0 Å². The molecule has 8 nitrogen and oxygen atoms in total. The van der Waals surface area contributed by atoms with Gasteiger partial charge in [0.15, 0.2) is 6.10 Å². The molecule has 3 atom stereocenters. The van der Waals surface area contributed by atoms with Gasteiger partial charge in [0.05, 0.1) is 19.1 Å². The highest BCUT2D eigenvalue weighted by Gasteiger charge is 2.43. The lowest BCUT2D eigenvalue weighted by atomic mass is 10.2. The van der Waals surface area contributed by atoms with E-state index < -0.39 is 29.4 Å². The number of nitrogens with one attached hydrogen (secondary N) is 1. The van der Waals surface area contributed by atoms with Gasteiger partial charge in [-0.05, 0) is 31.2 Å². The molecule has 1 saturated heterocycles. The molecule has 0 bridgehead atoms. The average molecular weight is 392 g/mol. The molecule has 2 aromatic rings. The number of ether oxygens (including phenoxy) is 1. The number of amides is 2. The van der Waals surface area contributed by atoms with Crippen LogP contribution >= 0.6 is 11.8 Å². The van der Waals surface area contributed by atoms with Crippen LogP contribution in [0.4, 0.5) is 0 Å². The summed E-state index contributed by atoms with van der Waals surface area (Å²) in [7, 11) is 0. The highest BCUT2D eigenvalue weighted by atomic mass is 32.2. The first-order chi connectivity index (χ1) is 13.0. The van der Waals surface area contributed by atoms with Gasteiger partial charge in [-0.25, -0.2) is 4.79 Å². The lowest BCUT2D eigenvalue weighted by Gasteiger charge is -2.26. The van der Waals surface area contributed by atoms with Gasteiger partial charge < -0.3 is 23.8 Å². The molecule has 2 amide bonds. The van der Waals surface area contributed by atoms with Gasteiger partial charge in [0.1, 0.15) is 22.9 Å². The maximum atomic E-state index is 12.6. The number of carbonyl (C=O) groups excluding carboxylic acids is 3. The fraction of sp³-hybridized carbons (Fsp3) is 0.389. The van der Waals surface area contributed by atoms with Crippen molar-refractivity contribution in [1.29, 1.82) is 0 Å². The molecule has 0 spiro atoms. The maximum absolute atomic E-state index is 12.6. The zero-order valence-electron chi connectivity index (χ0n) is 14.9. The number of thioether (sulfide) groups is 1. The third-order valence-electron chi connectivity index (χ3n) is 4.10. The average Bonchev–Trinajstić information content (AvgIpc) is 3.39. The summed E-state index contributed by atoms with van der Waals surface area (Å²) in [4.78, 5) is 38.2. The smallest absolute Gasteiger partial charge is 0.330 e. The first-order valence-corrected chi connectivity index (χ1v) is 9.46. The molecular weight excluding hydrogens is 372 g/mol. The van der Waals surface area contributed by atoms with Gasteiger partial charge in [-0.2, -0.15) is 0 Å². The van der Waals surface area contributed by atoms with Crippen LogP contribution in [0.15, 0.2) is 45.6 Å². The zero-order valence-corrected chi connectivity index (χ0v) is 15.7. The predicted molar refractivity (Wildman–Crippen MR) is 96.3 cm³/mol. The van der Waals surface area contributed by atoms with Crippen molar-refractivity contribution in [2.24, 2.45) is 0 Å². The first kappa shape index (κ1) is 19.1. The van der Waals surface area contributed by atoms with Gasteiger partial charge in [-0.1, -0.05) is 0 Å². The highest BCUT2D eigenvalue weighted by Crippen LogP contribution is 2.41. The van der Waals surface area contributed by atoms with Gasteiger partial charge in [-0.15, -0.1) is 11.8 Å². The number of carbonyl (C=O) groups is 3. The van der Waals surface area contributed by atoms with Gasteiger partial charge in [0.25, 0.3) is 5.91 Å². The van der Waals surface area contributed by atoms with Crippen molar-refractivity contribution in [3.05, 3.63) is 48.3 Å². The molecule has 0 unspecified atom stereocenters. The zero-order chi connectivity index (χ0) is 19.4. The molecule has 0 radical (unpaired) electrons. The number of nitrogens with zero attached hydrogens (tertiary/aromatic N) is 1. The molecule has 27 heavy (non-hydrogen) atoms. The number of hydrogen-bond donors (Lipinski definition) is 1. The van der Waals surface area contributed by atoms with E-state index in [1.54, 1.807) is 24.3 Å². The fourth-order valence-electron chi connectivity index (χ4n) is 2.76. The van der Waals surface area contributed by atoms with E-state index in [-0.39, 0.29) is 12.5 Å². The minimum atomic E-state index is -0.992. The molecule has 3 rings (SSSR count). The normalized spacial score (nSPS) is 20.3. The second kappa shape index (κ2) is 8.34. The molecule has 0 aromatic carbocycles. The monoisotopic (exact) mass is 392 g/mol. The predicted octanol–water partition coefficient (Wildman–Crippen LogP) is 2.08. The van der Waals surface area contributed by atoms with Crippen molar-refractivity contribution in [3.8, 4) is 0 Å². The van der Waals surface area contributed by atoms with Gasteiger partial charge in [-0.3, -0.25) is 9.59 Å². The van der Waals surface area contributed by atoms with E-state index in [9.17, 15) is 14.4 Å². The molecule has 1 fully saturated rings. The van der Waals surface area contributed by atoms with Crippen LogP contribution in [0.5, 0.6) is 0 Å². The Hall–Kier alpha value is -2.68. The molecule has 144 valence electrons. The number of esters is 1. The standard InChI is InChI=1S/C18H20N2O6S/c1-11(16(22)19-9-13-5-3-7-24-13)26-18(23)14-10-27-17(20(14)12(2)21)15-6-4-8-25-15/h3-8,11,14,17H,9-10H2,1-2H3,(H,19,22)/t11-,14-,17-/m1/s1. The molecule has 2 aromatic heterocycles. The summed E-state index contributed by atoms with van der Waals surface area (Å²) in [6.07, 6.45) is 2.04. The van der Waals surface area contributed by atoms with Crippen molar-refractivity contribution in [3.63, 3.8) is 0 Å². The Bertz CT molecular complexity index is 789. The Labute approximate surface area is 160 Å². The Morgan fingerprint density at radius 1 is 1.30 bits per heavy atom. The van der Waals surface area contributed by atoms with E-state index in [0.717, 1.165) is 0 Å². The van der Waals surface area contributed by atoms with Gasteiger partial charge in [0, 0.05) is 12.7 Å². The number of rotatable bonds is 6. The van der Waals surface area contributed by atoms with Crippen molar-refractivity contribution >= 4 is 29.5 Å². The minimum Gasteiger partial charge on any atom is -0.467 e. The van der Waals surface area contributed by atoms with Gasteiger partial charge >= 0.3 is 5.97 Å². The summed E-state index contributed by atoms with van der Waals surface area (Å²) in [5.41, 5.74) is 0. The minimum absolute atomic E-state index is 0.202. The third kappa shape index (κ3) is 4.36. The van der Waals surface area contributed by atoms with E-state index >= 15 is 0 Å². The second-order valence-corrected chi connectivity index (χ2v) is 7.13. The van der Waals surface area contributed by atoms with Crippen LogP contribution < -0.4 is 5.32 Å². The van der Waals surface area contributed by atoms with E-state index in [4.69, 9.17) is 13.6 Å². The van der Waals surface area contributed by atoms with Crippen molar-refractivity contribution < 1.29 is 28.0 Å². The Morgan fingerprint density at radius 3 is 2.67 bits per heavy atom. The molecule has 1 N–H and O–H groups in total. The first-order valence-electron chi connectivity index (χ1n) is 8.42. The third-order valence-corrected chi connectivity index (χ3v) is 5.39. The van der Waals surface area contributed by atoms with Crippen LogP contribution in [-0.4, -0.2) is 40.6 Å². The molecular formula is C18H20N2O6S. The highest BCUT2D eigenvalue weighted by molar-refractivity contribution is 7.99. The molecule has 0 aliphatic carbocycles. The maximum Gasteiger partial charge on any atom is 0.330 e. The summed E-state index contributed by atoms with van der Waals surface area (Å²) in [5, 5.41) is 2.24. The Morgan fingerprint density at radius 2 is 2.04 bits per heavy atom. The van der Waals surface area contributed by atoms with Crippen LogP contribution in [0, 0.1) is 0 Å². The van der Waals surface area contributed by atoms with E-state index in [1.807, 2.05) is 0 Å². The lowest BCUT2D eigenvalue weighted by Crippen LogP contribution is -2.45. The lowest BCUT2D eigenvalue weighted by molar-refractivity contribution is -0.161. The van der Waals surface area contributed by atoms with Crippen molar-refractivity contribution in [2.45, 2.75) is 37.9 Å². The molecule has 1 aliphatic rings. The topological polar surface area (TPSA) is 102 Å². The summed E-state index contributed by atoms with van der Waals surface area (Å²) in [6, 6.07) is 6.15. The van der Waals surface area contributed by atoms with Crippen LogP contribution in [-0.2, 0) is 25.7 Å². The number of furan rings is 2. The number of hydrogen-bond acceptors (Lipinski definition) is 7. The quantitative estimate of drug-likeness (QED) is 0.751. The van der Waals surface area contributed by atoms with E-state index in [2.05, 4.69) is 5.32 Å². The van der Waals surface area contributed by atoms with Crippen molar-refractivity contribution in [2.75, 3.05) is 5.75 Å². The Balaban J connectivity index is 1.59. The SMILES string of the molecule is CC(=O)N1[C@@H](C(=O)O[C@H](C)C(=O)NCc2ccco2)CS[C@@H]1c1ccco1. The van der Waals surface area contributed by atoms with Crippen molar-refractivity contribution in [1.82, 2.24) is 10.2 Å². The summed E-state index contributed by atoms with van der Waals surface area (Å²) >= 11 is 1.41. The molecule has 9 heteroatoms. The largest absolute Gasteiger partial charge is 0.467 e. The van der Waals surface area contributed by atoms with Gasteiger partial charge in [0.2, 0.25) is 5.91 Å². The molecule has 3 heterocycles. The fourth-order valence-corrected chi connectivity index (χ4v) is 4.18. The summed E-state index contributed by atoms with van der Waals surface area (Å²) < 4.78 is 15.8. The summed E-state index contributed by atoms with van der Waals surface area (Å²) in [6.45, 7) is 3.08. The molecule has 1 aliphatic heterocycles. The van der Waals surface area contributed by atoms with Crippen LogP contribution in [0.2, 0.25) is 0 Å². The Kier molecular flexibility index (Phi) is 5.90. The van der Waals surface area contributed by atoms with Crippen LogP contribution in [0.3, 0.4) is 0 Å². The second-order valence-electron chi connectivity index (χ2n) is 6.02. The molecule has 0 saturated carbocycles. The van der Waals surface area contributed by atoms with E-state index in [1.165, 1.54) is 43.0 Å². The van der Waals surface area contributed by atoms with E-state index in [0.29, 0.717) is 17.3 Å². The van der Waals surface area contributed by atoms with Crippen LogP contribution in [0.1, 0.15) is 30.7 Å². The summed E-state index contributed by atoms with van der Waals surface area (Å²) in [5.74, 6) is 0.228.